The molecule has 0 amide bonds. The predicted molar refractivity (Wildman–Crippen MR) is 88.5 cm³/mol. The molecule has 108 valence electrons. The van der Waals surface area contributed by atoms with E-state index in [1.54, 1.807) is 17.5 Å². The minimum absolute atomic E-state index is 0.190. The molecule has 0 aliphatic rings. The molecule has 2 rings (SSSR count). The summed E-state index contributed by atoms with van der Waals surface area (Å²) in [5.74, 6) is 0.366. The number of hydrogen-bond acceptors (Lipinski definition) is 4. The summed E-state index contributed by atoms with van der Waals surface area (Å²) in [4.78, 5) is 0. The van der Waals surface area contributed by atoms with Gasteiger partial charge in [0.2, 0.25) is 0 Å². The molecule has 1 aromatic carbocycles. The first-order valence-corrected chi connectivity index (χ1v) is 9.46. The lowest BCUT2D eigenvalue weighted by Gasteiger charge is -2.13. The van der Waals surface area contributed by atoms with E-state index >= 15 is 0 Å². The zero-order valence-corrected chi connectivity index (χ0v) is 15.5. The second kappa shape index (κ2) is 6.23. The summed E-state index contributed by atoms with van der Waals surface area (Å²) in [5.41, 5.74) is 0.271. The monoisotopic (exact) mass is 459 g/mol. The van der Waals surface area contributed by atoms with Gasteiger partial charge in [0.25, 0.3) is 10.0 Å². The van der Waals surface area contributed by atoms with Crippen molar-refractivity contribution in [1.29, 1.82) is 0 Å². The molecule has 0 unspecified atom stereocenters. The van der Waals surface area contributed by atoms with E-state index in [0.29, 0.717) is 19.7 Å². The molecule has 4 nitrogen and oxygen atoms in total. The molecule has 0 spiro atoms. The number of sulfonamides is 1. The summed E-state index contributed by atoms with van der Waals surface area (Å²) in [6.07, 6.45) is 0. The summed E-state index contributed by atoms with van der Waals surface area (Å²) < 4.78 is 33.6. The molecule has 0 radical (unpaired) electrons. The molecule has 2 aromatic rings. The molecule has 0 saturated carbocycles. The molecular weight excluding hydrogens is 454 g/mol. The highest BCUT2D eigenvalue weighted by Gasteiger charge is 2.22. The van der Waals surface area contributed by atoms with E-state index in [1.807, 2.05) is 0 Å². The van der Waals surface area contributed by atoms with Gasteiger partial charge in [0, 0.05) is 9.50 Å². The molecule has 1 heterocycles. The van der Waals surface area contributed by atoms with Crippen molar-refractivity contribution in [1.82, 2.24) is 0 Å². The minimum Gasteiger partial charge on any atom is -0.493 e. The van der Waals surface area contributed by atoms with Crippen LogP contribution in [-0.4, -0.2) is 15.5 Å². The highest BCUT2D eigenvalue weighted by atomic mass is 79.9. The van der Waals surface area contributed by atoms with Crippen LogP contribution in [-0.2, 0) is 10.0 Å². The average molecular weight is 462 g/mol. The lowest BCUT2D eigenvalue weighted by molar-refractivity contribution is 0.414. The Morgan fingerprint density at radius 2 is 2.00 bits per heavy atom. The standard InChI is InChI=1S/C11H8Br2ClNO3S2/c1-18-10-8(13)4-6(14)5-9(10)15-20(16,17)11-7(12)2-3-19-11/h2-5,15H,1H3. The Hall–Kier alpha value is -0.280. The smallest absolute Gasteiger partial charge is 0.272 e. The van der Waals surface area contributed by atoms with Gasteiger partial charge in [-0.25, -0.2) is 8.42 Å². The first-order valence-electron chi connectivity index (χ1n) is 5.14. The Kier molecular flexibility index (Phi) is 5.01. The van der Waals surface area contributed by atoms with Gasteiger partial charge in [0.05, 0.1) is 17.3 Å². The number of rotatable bonds is 4. The van der Waals surface area contributed by atoms with Gasteiger partial charge in [-0.1, -0.05) is 11.6 Å². The molecule has 0 saturated heterocycles. The quantitative estimate of drug-likeness (QED) is 0.716. The van der Waals surface area contributed by atoms with Crippen molar-refractivity contribution in [2.45, 2.75) is 4.21 Å². The van der Waals surface area contributed by atoms with Crippen LogP contribution in [0.15, 0.2) is 36.7 Å². The van der Waals surface area contributed by atoms with Gasteiger partial charge < -0.3 is 4.74 Å². The van der Waals surface area contributed by atoms with E-state index < -0.39 is 10.0 Å². The van der Waals surface area contributed by atoms with E-state index in [9.17, 15) is 8.42 Å². The SMILES string of the molecule is COc1c(Br)cc(Cl)cc1NS(=O)(=O)c1sccc1Br. The summed E-state index contributed by atoms with van der Waals surface area (Å²) in [5, 5.41) is 2.07. The Balaban J connectivity index is 2.47. The van der Waals surface area contributed by atoms with E-state index in [2.05, 4.69) is 36.6 Å². The van der Waals surface area contributed by atoms with Gasteiger partial charge in [-0.05, 0) is 55.4 Å². The van der Waals surface area contributed by atoms with Crippen molar-refractivity contribution in [3.05, 3.63) is 37.5 Å². The minimum atomic E-state index is -3.70. The number of halogens is 3. The third-order valence-electron chi connectivity index (χ3n) is 2.29. The van der Waals surface area contributed by atoms with Crippen molar-refractivity contribution in [2.75, 3.05) is 11.8 Å². The molecule has 1 N–H and O–H groups in total. The third kappa shape index (κ3) is 3.30. The molecular formula is C11H8Br2ClNO3S2. The van der Waals surface area contributed by atoms with Gasteiger partial charge in [-0.3, -0.25) is 4.72 Å². The van der Waals surface area contributed by atoms with Crippen LogP contribution >= 0.6 is 54.8 Å². The zero-order chi connectivity index (χ0) is 14.9. The fraction of sp³-hybridized carbons (Fsp3) is 0.0909. The maximum atomic E-state index is 12.3. The molecule has 20 heavy (non-hydrogen) atoms. The number of ether oxygens (including phenoxy) is 1. The summed E-state index contributed by atoms with van der Waals surface area (Å²) in [6, 6.07) is 4.79. The third-order valence-corrected chi connectivity index (χ3v) is 7.13. The highest BCUT2D eigenvalue weighted by Crippen LogP contribution is 2.38. The topological polar surface area (TPSA) is 55.4 Å². The number of anilines is 1. The summed E-state index contributed by atoms with van der Waals surface area (Å²) in [7, 11) is -2.25. The first-order chi connectivity index (χ1) is 9.35. The van der Waals surface area contributed by atoms with Crippen molar-refractivity contribution in [2.24, 2.45) is 0 Å². The van der Waals surface area contributed by atoms with Crippen LogP contribution in [0, 0.1) is 0 Å². The van der Waals surface area contributed by atoms with Crippen LogP contribution in [0.5, 0.6) is 5.75 Å². The second-order valence-corrected chi connectivity index (χ2v) is 8.57. The molecule has 0 fully saturated rings. The largest absolute Gasteiger partial charge is 0.493 e. The Labute approximate surface area is 142 Å². The summed E-state index contributed by atoms with van der Waals surface area (Å²) >= 11 is 13.5. The fourth-order valence-electron chi connectivity index (χ4n) is 1.51. The van der Waals surface area contributed by atoms with Gasteiger partial charge in [0.1, 0.15) is 0 Å². The van der Waals surface area contributed by atoms with Crippen LogP contribution in [0.4, 0.5) is 5.69 Å². The number of benzene rings is 1. The van der Waals surface area contributed by atoms with Gasteiger partial charge >= 0.3 is 0 Å². The summed E-state index contributed by atoms with van der Waals surface area (Å²) in [6.45, 7) is 0. The van der Waals surface area contributed by atoms with E-state index in [4.69, 9.17) is 16.3 Å². The Morgan fingerprint density at radius 1 is 1.30 bits per heavy atom. The normalized spacial score (nSPS) is 11.4. The van der Waals surface area contributed by atoms with Crippen molar-refractivity contribution in [3.8, 4) is 5.75 Å². The lowest BCUT2D eigenvalue weighted by atomic mass is 10.3. The maximum Gasteiger partial charge on any atom is 0.272 e. The average Bonchev–Trinajstić information content (AvgIpc) is 2.75. The van der Waals surface area contributed by atoms with Crippen molar-refractivity contribution < 1.29 is 13.2 Å². The van der Waals surface area contributed by atoms with Crippen LogP contribution in [0.25, 0.3) is 0 Å². The molecule has 0 aliphatic heterocycles. The van der Waals surface area contributed by atoms with Crippen LogP contribution in [0.1, 0.15) is 0 Å². The fourth-order valence-corrected chi connectivity index (χ4v) is 5.87. The number of thiophene rings is 1. The molecule has 0 atom stereocenters. The molecule has 0 bridgehead atoms. The van der Waals surface area contributed by atoms with Crippen LogP contribution < -0.4 is 9.46 Å². The first kappa shape index (κ1) is 16.1. The second-order valence-electron chi connectivity index (χ2n) is 3.63. The van der Waals surface area contributed by atoms with Crippen molar-refractivity contribution >= 4 is 70.5 Å². The maximum absolute atomic E-state index is 12.3. The number of methoxy groups -OCH3 is 1. The number of hydrogen-bond donors (Lipinski definition) is 1. The molecule has 1 aromatic heterocycles. The lowest BCUT2D eigenvalue weighted by Crippen LogP contribution is -2.13. The Morgan fingerprint density at radius 3 is 2.55 bits per heavy atom. The van der Waals surface area contributed by atoms with Gasteiger partial charge in [-0.2, -0.15) is 0 Å². The zero-order valence-electron chi connectivity index (χ0n) is 9.98. The van der Waals surface area contributed by atoms with E-state index in [0.717, 1.165) is 11.3 Å². The van der Waals surface area contributed by atoms with Gasteiger partial charge in [-0.15, -0.1) is 11.3 Å². The molecule has 9 heteroatoms. The van der Waals surface area contributed by atoms with Crippen LogP contribution in [0.2, 0.25) is 5.02 Å². The number of nitrogens with one attached hydrogen (secondary N) is 1. The van der Waals surface area contributed by atoms with E-state index in [1.165, 1.54) is 13.2 Å². The molecule has 0 aliphatic carbocycles. The van der Waals surface area contributed by atoms with Crippen LogP contribution in [0.3, 0.4) is 0 Å². The highest BCUT2D eigenvalue weighted by molar-refractivity contribution is 9.10. The Bertz CT molecular complexity index is 746. The van der Waals surface area contributed by atoms with Gasteiger partial charge in [0.15, 0.2) is 9.96 Å². The van der Waals surface area contributed by atoms with Crippen molar-refractivity contribution in [3.63, 3.8) is 0 Å². The predicted octanol–water partition coefficient (Wildman–Crippen LogP) is 4.74. The van der Waals surface area contributed by atoms with E-state index in [-0.39, 0.29) is 9.90 Å².